The van der Waals surface area contributed by atoms with Gasteiger partial charge in [0.25, 0.3) is 0 Å². The molecular weight excluding hydrogens is 566 g/mol. The molecule has 2 fully saturated rings. The number of piperidine rings is 1. The van der Waals surface area contributed by atoms with Gasteiger partial charge >= 0.3 is 0 Å². The Morgan fingerprint density at radius 2 is 1.79 bits per heavy atom. The first kappa shape index (κ1) is 29.3. The first-order valence-corrected chi connectivity index (χ1v) is 16.3. The number of aromatic nitrogens is 2. The topological polar surface area (TPSA) is 74.8 Å². The van der Waals surface area contributed by atoms with E-state index >= 15 is 0 Å². The second-order valence-corrected chi connectivity index (χ2v) is 12.8. The normalized spacial score (nSPS) is 18.4. The van der Waals surface area contributed by atoms with Gasteiger partial charge in [-0.1, -0.05) is 30.7 Å². The fraction of sp³-hybridized carbons (Fsp3) is 0.484. The first-order chi connectivity index (χ1) is 20.5. The summed E-state index contributed by atoms with van der Waals surface area (Å²) in [7, 11) is 4.17. The Kier molecular flexibility index (Phi) is 9.26. The van der Waals surface area contributed by atoms with E-state index in [0.29, 0.717) is 22.8 Å². The molecule has 0 unspecified atom stereocenters. The van der Waals surface area contributed by atoms with Gasteiger partial charge in [-0.3, -0.25) is 4.90 Å². The maximum atomic E-state index is 6.57. The van der Waals surface area contributed by atoms with Crippen LogP contribution in [0.15, 0.2) is 42.6 Å². The van der Waals surface area contributed by atoms with Crippen LogP contribution in [0.4, 0.5) is 34.5 Å². The number of aryl methyl sites for hydroxylation is 1. The Balaban J connectivity index is 1.13. The van der Waals surface area contributed by atoms with Crippen LogP contribution in [0.2, 0.25) is 5.02 Å². The molecule has 2 saturated heterocycles. The number of piperazine rings is 1. The summed E-state index contributed by atoms with van der Waals surface area (Å²) in [6.45, 7) is 10.1. The minimum Gasteiger partial charge on any atom is -0.371 e. The lowest BCUT2D eigenvalue weighted by Gasteiger charge is -2.42. The van der Waals surface area contributed by atoms with Crippen LogP contribution in [-0.4, -0.2) is 85.7 Å². The highest BCUT2D eigenvalue weighted by atomic mass is 35.5. The molecule has 11 heteroatoms. The van der Waals surface area contributed by atoms with Gasteiger partial charge in [0.2, 0.25) is 5.95 Å². The fourth-order valence-corrected chi connectivity index (χ4v) is 7.20. The molecule has 3 aromatic rings. The van der Waals surface area contributed by atoms with E-state index in [0.717, 1.165) is 49.5 Å². The van der Waals surface area contributed by atoms with E-state index in [2.05, 4.69) is 89.7 Å². The lowest BCUT2D eigenvalue weighted by Crippen LogP contribution is -2.52. The molecule has 0 spiro atoms. The van der Waals surface area contributed by atoms with Crippen LogP contribution in [0.1, 0.15) is 30.9 Å². The van der Waals surface area contributed by atoms with Gasteiger partial charge in [-0.25, -0.2) is 9.71 Å². The van der Waals surface area contributed by atoms with Crippen molar-refractivity contribution in [3.8, 4) is 0 Å². The molecule has 0 saturated carbocycles. The number of nitrogens with zero attached hydrogens (tertiary/aromatic N) is 6. The molecule has 42 heavy (non-hydrogen) atoms. The maximum absolute atomic E-state index is 6.57. The number of hydrogen-bond donors (Lipinski definition) is 3. The van der Waals surface area contributed by atoms with E-state index in [9.17, 15) is 0 Å². The molecule has 0 atom stereocenters. The fourth-order valence-electron chi connectivity index (χ4n) is 6.35. The zero-order chi connectivity index (χ0) is 29.1. The molecule has 3 aliphatic heterocycles. The number of halogens is 1. The second-order valence-electron chi connectivity index (χ2n) is 11.4. The van der Waals surface area contributed by atoms with E-state index in [1.165, 1.54) is 55.8 Å². The predicted octanol–water partition coefficient (Wildman–Crippen LogP) is 5.54. The maximum Gasteiger partial charge on any atom is 0.229 e. The Morgan fingerprint density at radius 1 is 0.976 bits per heavy atom. The Bertz CT molecular complexity index is 1370. The van der Waals surface area contributed by atoms with Gasteiger partial charge in [0.1, 0.15) is 5.02 Å². The van der Waals surface area contributed by atoms with Gasteiger partial charge in [-0.2, -0.15) is 4.98 Å². The zero-order valence-corrected chi connectivity index (χ0v) is 26.4. The Labute approximate surface area is 259 Å². The summed E-state index contributed by atoms with van der Waals surface area (Å²) in [5, 5.41) is 7.43. The minimum atomic E-state index is 0.481. The van der Waals surface area contributed by atoms with Gasteiger partial charge in [-0.05, 0) is 75.2 Å². The van der Waals surface area contributed by atoms with Gasteiger partial charge in [0.15, 0.2) is 5.82 Å². The molecule has 0 radical (unpaired) electrons. The summed E-state index contributed by atoms with van der Waals surface area (Å²) in [6.07, 6.45) is 6.05. The highest BCUT2D eigenvalue weighted by Gasteiger charge is 2.27. The van der Waals surface area contributed by atoms with E-state index in [-0.39, 0.29) is 0 Å². The van der Waals surface area contributed by atoms with Crippen LogP contribution in [-0.2, 0) is 12.8 Å². The van der Waals surface area contributed by atoms with Crippen molar-refractivity contribution in [2.45, 2.75) is 38.6 Å². The van der Waals surface area contributed by atoms with Crippen LogP contribution < -0.4 is 24.6 Å². The molecule has 0 bridgehead atoms. The largest absolute Gasteiger partial charge is 0.371 e. The number of benzene rings is 2. The smallest absolute Gasteiger partial charge is 0.229 e. The van der Waals surface area contributed by atoms with Gasteiger partial charge in [-0.15, -0.1) is 0 Å². The predicted molar refractivity (Wildman–Crippen MR) is 178 cm³/mol. The molecular formula is C31H42ClN9S. The Morgan fingerprint density at radius 3 is 2.55 bits per heavy atom. The molecule has 1 aromatic heterocycles. The van der Waals surface area contributed by atoms with Crippen molar-refractivity contribution < 1.29 is 0 Å². The summed E-state index contributed by atoms with van der Waals surface area (Å²) < 4.78 is 5.45. The molecule has 3 N–H and O–H groups in total. The summed E-state index contributed by atoms with van der Waals surface area (Å²) in [5.74, 6) is 1.10. The molecule has 9 nitrogen and oxygen atoms in total. The van der Waals surface area contributed by atoms with E-state index in [4.69, 9.17) is 16.6 Å². The highest BCUT2D eigenvalue weighted by molar-refractivity contribution is 7.98. The van der Waals surface area contributed by atoms with E-state index < -0.39 is 0 Å². The minimum absolute atomic E-state index is 0.481. The molecule has 224 valence electrons. The monoisotopic (exact) mass is 607 g/mol. The zero-order valence-electron chi connectivity index (χ0n) is 24.9. The van der Waals surface area contributed by atoms with E-state index in [1.54, 1.807) is 18.3 Å². The SMILES string of the molecule is CCc1cc(N2CCC(N3CCN(C)CC3)CC2)ccc1Nc1ncc(Cl)c(Nc2cccc3c2N(SNC)CC3)n1. The third-order valence-electron chi connectivity index (χ3n) is 8.75. The van der Waals surface area contributed by atoms with Crippen molar-refractivity contribution in [2.75, 3.05) is 79.7 Å². The van der Waals surface area contributed by atoms with E-state index in [1.807, 2.05) is 7.05 Å². The average Bonchev–Trinajstić information content (AvgIpc) is 3.43. The van der Waals surface area contributed by atoms with Gasteiger partial charge < -0.3 is 24.7 Å². The molecule has 0 amide bonds. The van der Waals surface area contributed by atoms with Crippen LogP contribution in [0.5, 0.6) is 0 Å². The number of likely N-dealkylation sites (N-methyl/N-ethyl adjacent to an activating group) is 1. The number of rotatable bonds is 9. The quantitative estimate of drug-likeness (QED) is 0.270. The lowest BCUT2D eigenvalue weighted by atomic mass is 10.0. The standard InChI is InChI=1S/C31H42ClN9S/c1-4-22-20-25(39-13-11-24(12-14-39)40-18-16-38(3)17-19-40)8-9-27(22)36-31-34-21-26(32)30(37-31)35-28-7-5-6-23-10-15-41(29(23)28)42-33-2/h5-9,20-21,24,33H,4,10-19H2,1-3H3,(H2,34,35,36,37). The van der Waals surface area contributed by atoms with Crippen molar-refractivity contribution >= 4 is 58.3 Å². The van der Waals surface area contributed by atoms with Crippen LogP contribution >= 0.6 is 23.7 Å². The van der Waals surface area contributed by atoms with Crippen molar-refractivity contribution in [2.24, 2.45) is 0 Å². The molecule has 0 aliphatic carbocycles. The molecule has 6 rings (SSSR count). The third-order valence-corrected chi connectivity index (χ3v) is 9.80. The number of fused-ring (bicyclic) bond motifs is 1. The lowest BCUT2D eigenvalue weighted by molar-refractivity contribution is 0.0982. The summed E-state index contributed by atoms with van der Waals surface area (Å²) in [6, 6.07) is 13.8. The van der Waals surface area contributed by atoms with Crippen molar-refractivity contribution in [3.63, 3.8) is 0 Å². The summed E-state index contributed by atoms with van der Waals surface area (Å²) in [5.41, 5.74) is 7.03. The van der Waals surface area contributed by atoms with Crippen LogP contribution in [0.3, 0.4) is 0 Å². The van der Waals surface area contributed by atoms with Crippen molar-refractivity contribution in [1.29, 1.82) is 0 Å². The van der Waals surface area contributed by atoms with Crippen LogP contribution in [0, 0.1) is 0 Å². The molecule has 4 heterocycles. The molecule has 3 aliphatic rings. The average molecular weight is 608 g/mol. The Hall–Kier alpha value is -2.76. The van der Waals surface area contributed by atoms with Crippen molar-refractivity contribution in [3.05, 3.63) is 58.7 Å². The third kappa shape index (κ3) is 6.43. The van der Waals surface area contributed by atoms with Crippen molar-refractivity contribution in [1.82, 2.24) is 24.5 Å². The number of hydrogen-bond acceptors (Lipinski definition) is 10. The molecule has 2 aromatic carbocycles. The second kappa shape index (κ2) is 13.3. The highest BCUT2D eigenvalue weighted by Crippen LogP contribution is 2.40. The first-order valence-electron chi connectivity index (χ1n) is 15.1. The number of para-hydroxylation sites is 1. The number of anilines is 6. The van der Waals surface area contributed by atoms with Crippen LogP contribution in [0.25, 0.3) is 0 Å². The summed E-state index contributed by atoms with van der Waals surface area (Å²) in [4.78, 5) is 17.0. The van der Waals surface area contributed by atoms with Gasteiger partial charge in [0, 0.05) is 75.4 Å². The van der Waals surface area contributed by atoms with Gasteiger partial charge in [0.05, 0.1) is 17.6 Å². The summed E-state index contributed by atoms with van der Waals surface area (Å²) >= 11 is 8.17. The number of nitrogens with one attached hydrogen (secondary N) is 3.